The molecule has 0 aliphatic carbocycles. The fourth-order valence-electron chi connectivity index (χ4n) is 1.01. The van der Waals surface area contributed by atoms with E-state index in [-0.39, 0.29) is 11.8 Å². The minimum absolute atomic E-state index is 0.251. The Morgan fingerprint density at radius 3 is 2.31 bits per heavy atom. The van der Waals surface area contributed by atoms with Crippen molar-refractivity contribution < 1.29 is 19.4 Å². The molecule has 0 aliphatic heterocycles. The largest absolute Gasteiger partial charge is 0.465 e. The number of nitrogens with one attached hydrogen (secondary N) is 2. The van der Waals surface area contributed by atoms with Crippen LogP contribution in [0.15, 0.2) is 24.3 Å². The summed E-state index contributed by atoms with van der Waals surface area (Å²) in [5.41, 5.74) is 0.543. The summed E-state index contributed by atoms with van der Waals surface area (Å²) in [4.78, 5) is 21.5. The molecule has 2 amide bonds. The summed E-state index contributed by atoms with van der Waals surface area (Å²) < 4.78 is 4.45. The van der Waals surface area contributed by atoms with Gasteiger partial charge in [-0.15, -0.1) is 0 Å². The van der Waals surface area contributed by atoms with Gasteiger partial charge in [0.05, 0.1) is 11.4 Å². The number of hydrogen-bond donors (Lipinski definition) is 3. The first-order valence-corrected chi connectivity index (χ1v) is 4.75. The number of para-hydroxylation sites is 2. The van der Waals surface area contributed by atoms with E-state index in [1.807, 2.05) is 0 Å². The van der Waals surface area contributed by atoms with E-state index in [1.54, 1.807) is 12.1 Å². The Balaban J connectivity index is 2.78. The molecule has 0 fully saturated rings. The molecule has 0 bridgehead atoms. The molecule has 3 N–H and O–H groups in total. The summed E-state index contributed by atoms with van der Waals surface area (Å²) in [6.07, 6.45) is -1.98. The standard InChI is InChI=1S/C9H9ClN2O4/c10-5-16-9(15)12-7-4-2-1-3-6(7)11-8(13)14/h1-4,11H,5H2,(H,12,15)(H,13,14). The Hall–Kier alpha value is -1.95. The smallest absolute Gasteiger partial charge is 0.412 e. The molecule has 1 aromatic carbocycles. The molecule has 0 spiro atoms. The number of carbonyl (C=O) groups excluding carboxylic acids is 1. The highest BCUT2D eigenvalue weighted by molar-refractivity contribution is 6.17. The van der Waals surface area contributed by atoms with E-state index in [4.69, 9.17) is 16.7 Å². The van der Waals surface area contributed by atoms with E-state index in [1.165, 1.54) is 12.1 Å². The minimum atomic E-state index is -1.22. The van der Waals surface area contributed by atoms with Gasteiger partial charge in [-0.05, 0) is 12.1 Å². The number of carbonyl (C=O) groups is 2. The molecule has 0 saturated heterocycles. The molecular formula is C9H9ClN2O4. The van der Waals surface area contributed by atoms with Gasteiger partial charge in [-0.25, -0.2) is 9.59 Å². The van der Waals surface area contributed by atoms with Gasteiger partial charge in [-0.3, -0.25) is 10.6 Å². The minimum Gasteiger partial charge on any atom is -0.465 e. The zero-order valence-corrected chi connectivity index (χ0v) is 8.82. The van der Waals surface area contributed by atoms with Crippen molar-refractivity contribution in [2.75, 3.05) is 16.7 Å². The van der Waals surface area contributed by atoms with Crippen LogP contribution >= 0.6 is 11.6 Å². The lowest BCUT2D eigenvalue weighted by atomic mass is 10.2. The molecule has 1 aromatic rings. The van der Waals surface area contributed by atoms with Crippen molar-refractivity contribution in [3.05, 3.63) is 24.3 Å². The number of alkyl halides is 1. The van der Waals surface area contributed by atoms with E-state index in [0.29, 0.717) is 5.69 Å². The van der Waals surface area contributed by atoms with Crippen LogP contribution < -0.4 is 10.6 Å². The fourth-order valence-corrected chi connectivity index (χ4v) is 1.11. The third-order valence-electron chi connectivity index (χ3n) is 1.59. The van der Waals surface area contributed by atoms with Crippen LogP contribution in [0.1, 0.15) is 0 Å². The van der Waals surface area contributed by atoms with Crippen LogP contribution in [0.4, 0.5) is 21.0 Å². The maximum absolute atomic E-state index is 11.1. The Labute approximate surface area is 96.2 Å². The van der Waals surface area contributed by atoms with Gasteiger partial charge < -0.3 is 9.84 Å². The van der Waals surface area contributed by atoms with Gasteiger partial charge in [0.15, 0.2) is 6.07 Å². The molecule has 0 aromatic heterocycles. The van der Waals surface area contributed by atoms with Gasteiger partial charge >= 0.3 is 12.2 Å². The van der Waals surface area contributed by atoms with Crippen molar-refractivity contribution in [3.63, 3.8) is 0 Å². The number of amides is 2. The number of benzene rings is 1. The average Bonchev–Trinajstić information content (AvgIpc) is 2.20. The zero-order chi connectivity index (χ0) is 12.0. The van der Waals surface area contributed by atoms with E-state index in [2.05, 4.69) is 15.4 Å². The van der Waals surface area contributed by atoms with Crippen molar-refractivity contribution in [1.82, 2.24) is 0 Å². The van der Waals surface area contributed by atoms with Crippen molar-refractivity contribution in [3.8, 4) is 0 Å². The average molecular weight is 245 g/mol. The maximum Gasteiger partial charge on any atom is 0.412 e. The van der Waals surface area contributed by atoms with Crippen LogP contribution in [0.25, 0.3) is 0 Å². The van der Waals surface area contributed by atoms with Crippen molar-refractivity contribution in [2.24, 2.45) is 0 Å². The highest BCUT2D eigenvalue weighted by Crippen LogP contribution is 2.20. The molecule has 16 heavy (non-hydrogen) atoms. The molecule has 6 nitrogen and oxygen atoms in total. The van der Waals surface area contributed by atoms with Gasteiger partial charge in [0.25, 0.3) is 0 Å². The van der Waals surface area contributed by atoms with Crippen LogP contribution in [0.5, 0.6) is 0 Å². The van der Waals surface area contributed by atoms with Crippen molar-refractivity contribution in [1.29, 1.82) is 0 Å². The number of carboxylic acid groups (broad SMARTS) is 1. The molecule has 0 heterocycles. The van der Waals surface area contributed by atoms with Crippen LogP contribution in [0, 0.1) is 0 Å². The third-order valence-corrected chi connectivity index (χ3v) is 1.70. The Morgan fingerprint density at radius 1 is 1.25 bits per heavy atom. The molecule has 0 aliphatic rings. The predicted molar refractivity (Wildman–Crippen MR) is 58.9 cm³/mol. The maximum atomic E-state index is 11.1. The van der Waals surface area contributed by atoms with Gasteiger partial charge in [0.1, 0.15) is 0 Å². The SMILES string of the molecule is O=C(O)Nc1ccccc1NC(=O)OCCl. The lowest BCUT2D eigenvalue weighted by molar-refractivity contribution is 0.180. The second kappa shape index (κ2) is 5.82. The van der Waals surface area contributed by atoms with Crippen LogP contribution in [0.3, 0.4) is 0 Å². The molecule has 0 radical (unpaired) electrons. The Bertz CT molecular complexity index is 397. The second-order valence-corrected chi connectivity index (χ2v) is 2.86. The predicted octanol–water partition coefficient (Wildman–Crippen LogP) is 2.52. The quantitative estimate of drug-likeness (QED) is 0.713. The van der Waals surface area contributed by atoms with E-state index in [0.717, 1.165) is 0 Å². The van der Waals surface area contributed by atoms with Crippen molar-refractivity contribution >= 4 is 35.2 Å². The summed E-state index contributed by atoms with van der Waals surface area (Å²) in [5.74, 6) is 0. The number of ether oxygens (including phenoxy) is 1. The fraction of sp³-hybridized carbons (Fsp3) is 0.111. The molecule has 0 saturated carbocycles. The number of rotatable bonds is 3. The second-order valence-electron chi connectivity index (χ2n) is 2.64. The van der Waals surface area contributed by atoms with E-state index in [9.17, 15) is 9.59 Å². The zero-order valence-electron chi connectivity index (χ0n) is 8.07. The summed E-state index contributed by atoms with van der Waals surface area (Å²) >= 11 is 5.19. The topological polar surface area (TPSA) is 87.7 Å². The lowest BCUT2D eigenvalue weighted by Crippen LogP contribution is -2.15. The lowest BCUT2D eigenvalue weighted by Gasteiger charge is -2.09. The Morgan fingerprint density at radius 2 is 1.81 bits per heavy atom. The third kappa shape index (κ3) is 3.66. The summed E-state index contributed by atoms with van der Waals surface area (Å²) in [6.45, 7) is 0. The van der Waals surface area contributed by atoms with Crippen molar-refractivity contribution in [2.45, 2.75) is 0 Å². The number of anilines is 2. The Kier molecular flexibility index (Phi) is 4.41. The molecule has 7 heteroatoms. The summed E-state index contributed by atoms with van der Waals surface area (Å²) in [5, 5.41) is 13.0. The summed E-state index contributed by atoms with van der Waals surface area (Å²) in [7, 11) is 0. The van der Waals surface area contributed by atoms with E-state index >= 15 is 0 Å². The molecular weight excluding hydrogens is 236 g/mol. The monoisotopic (exact) mass is 244 g/mol. The first-order chi connectivity index (χ1) is 7.63. The molecule has 0 unspecified atom stereocenters. The molecule has 86 valence electrons. The first-order valence-electron chi connectivity index (χ1n) is 4.22. The van der Waals surface area contributed by atoms with Gasteiger partial charge in [0, 0.05) is 0 Å². The molecule has 1 rings (SSSR count). The number of hydrogen-bond acceptors (Lipinski definition) is 3. The highest BCUT2D eigenvalue weighted by Gasteiger charge is 2.08. The first kappa shape index (κ1) is 12.1. The van der Waals surface area contributed by atoms with E-state index < -0.39 is 12.2 Å². The highest BCUT2D eigenvalue weighted by atomic mass is 35.5. The van der Waals surface area contributed by atoms with Crippen LogP contribution in [-0.4, -0.2) is 23.4 Å². The van der Waals surface area contributed by atoms with Crippen LogP contribution in [-0.2, 0) is 4.74 Å². The molecule has 0 atom stereocenters. The van der Waals surface area contributed by atoms with Gasteiger partial charge in [0.2, 0.25) is 0 Å². The number of halogens is 1. The normalized spacial score (nSPS) is 9.31. The van der Waals surface area contributed by atoms with Gasteiger partial charge in [-0.1, -0.05) is 23.7 Å². The van der Waals surface area contributed by atoms with Gasteiger partial charge in [-0.2, -0.15) is 0 Å². The summed E-state index contributed by atoms with van der Waals surface area (Å²) in [6, 6.07) is 6.03. The van der Waals surface area contributed by atoms with Crippen LogP contribution in [0.2, 0.25) is 0 Å².